The number of halogens is 2. The van der Waals surface area contributed by atoms with E-state index in [9.17, 15) is 9.59 Å². The number of hydrazine groups is 1. The van der Waals surface area contributed by atoms with Crippen LogP contribution in [-0.4, -0.2) is 23.0 Å². The van der Waals surface area contributed by atoms with Gasteiger partial charge in [0.05, 0.1) is 0 Å². The van der Waals surface area contributed by atoms with Gasteiger partial charge in [-0.25, -0.2) is 0 Å². The molecule has 1 aromatic carbocycles. The van der Waals surface area contributed by atoms with Crippen molar-refractivity contribution in [3.63, 3.8) is 0 Å². The molecule has 2 rings (SSSR count). The van der Waals surface area contributed by atoms with Crippen molar-refractivity contribution in [2.24, 2.45) is 7.05 Å². The fourth-order valence-electron chi connectivity index (χ4n) is 1.66. The first-order valence-electron chi connectivity index (χ1n) is 6.25. The fourth-order valence-corrected chi connectivity index (χ4v) is 2.31. The summed E-state index contributed by atoms with van der Waals surface area (Å²) in [6.45, 7) is -0.223. The van der Waals surface area contributed by atoms with Crippen LogP contribution in [0.1, 0.15) is 10.5 Å². The number of hydrogen-bond acceptors (Lipinski definition) is 3. The van der Waals surface area contributed by atoms with E-state index in [-0.39, 0.29) is 6.61 Å². The maximum Gasteiger partial charge on any atom is 0.286 e. The normalized spacial score (nSPS) is 10.1. The molecule has 0 bridgehead atoms. The molecular formula is C14H13BrClN3O3. The Kier molecular flexibility index (Phi) is 5.46. The van der Waals surface area contributed by atoms with Gasteiger partial charge >= 0.3 is 0 Å². The fraction of sp³-hybridized carbons (Fsp3) is 0.143. The van der Waals surface area contributed by atoms with Crippen molar-refractivity contribution in [1.29, 1.82) is 0 Å². The number of aromatic nitrogens is 1. The number of aryl methyl sites for hydroxylation is 1. The highest BCUT2D eigenvalue weighted by atomic mass is 79.9. The number of ether oxygens (including phenoxy) is 1. The first-order valence-corrected chi connectivity index (χ1v) is 7.42. The lowest BCUT2D eigenvalue weighted by molar-refractivity contribution is -0.123. The van der Waals surface area contributed by atoms with E-state index in [4.69, 9.17) is 16.3 Å². The number of nitrogens with one attached hydrogen (secondary N) is 2. The molecule has 1 heterocycles. The van der Waals surface area contributed by atoms with Crippen molar-refractivity contribution in [2.45, 2.75) is 0 Å². The van der Waals surface area contributed by atoms with Gasteiger partial charge < -0.3 is 9.30 Å². The molecule has 8 heteroatoms. The third kappa shape index (κ3) is 4.51. The maximum absolute atomic E-state index is 11.9. The Morgan fingerprint density at radius 2 is 1.95 bits per heavy atom. The zero-order valence-corrected chi connectivity index (χ0v) is 13.9. The van der Waals surface area contributed by atoms with E-state index >= 15 is 0 Å². The monoisotopic (exact) mass is 385 g/mol. The standard InChI is InChI=1S/C14H13BrClN3O3/c1-19-7-9(15)6-12(19)14(21)18-17-13(20)8-22-11-4-2-10(16)3-5-11/h2-7H,8H2,1H3,(H,17,20)(H,18,21). The van der Waals surface area contributed by atoms with Gasteiger partial charge in [-0.15, -0.1) is 0 Å². The first kappa shape index (κ1) is 16.4. The third-order valence-electron chi connectivity index (χ3n) is 2.70. The summed E-state index contributed by atoms with van der Waals surface area (Å²) in [6.07, 6.45) is 1.74. The van der Waals surface area contributed by atoms with Gasteiger partial charge in [0.15, 0.2) is 6.61 Å². The van der Waals surface area contributed by atoms with Crippen molar-refractivity contribution < 1.29 is 14.3 Å². The number of benzene rings is 1. The van der Waals surface area contributed by atoms with Crippen LogP contribution >= 0.6 is 27.5 Å². The average Bonchev–Trinajstić information content (AvgIpc) is 2.83. The summed E-state index contributed by atoms with van der Waals surface area (Å²) in [7, 11) is 1.73. The van der Waals surface area contributed by atoms with E-state index in [0.717, 1.165) is 4.47 Å². The average molecular weight is 387 g/mol. The molecular weight excluding hydrogens is 374 g/mol. The maximum atomic E-state index is 11.9. The number of carbonyl (C=O) groups is 2. The van der Waals surface area contributed by atoms with Gasteiger partial charge in [-0.05, 0) is 46.3 Å². The van der Waals surface area contributed by atoms with E-state index in [1.165, 1.54) is 0 Å². The van der Waals surface area contributed by atoms with Crippen LogP contribution in [-0.2, 0) is 11.8 Å². The zero-order chi connectivity index (χ0) is 16.1. The lowest BCUT2D eigenvalue weighted by atomic mass is 10.3. The molecule has 2 N–H and O–H groups in total. The summed E-state index contributed by atoms with van der Waals surface area (Å²) in [5, 5.41) is 0.581. The number of nitrogens with zero attached hydrogens (tertiary/aromatic N) is 1. The molecule has 0 aliphatic rings. The SMILES string of the molecule is Cn1cc(Br)cc1C(=O)NNC(=O)COc1ccc(Cl)cc1. The molecule has 116 valence electrons. The van der Waals surface area contributed by atoms with E-state index in [1.807, 2.05) is 0 Å². The third-order valence-corrected chi connectivity index (χ3v) is 3.39. The smallest absolute Gasteiger partial charge is 0.286 e. The molecule has 0 atom stereocenters. The van der Waals surface area contributed by atoms with Crippen LogP contribution in [0, 0.1) is 0 Å². The Balaban J connectivity index is 1.79. The molecule has 0 spiro atoms. The minimum absolute atomic E-state index is 0.223. The molecule has 22 heavy (non-hydrogen) atoms. The molecule has 0 radical (unpaired) electrons. The van der Waals surface area contributed by atoms with Gasteiger partial charge in [0.2, 0.25) is 0 Å². The predicted octanol–water partition coefficient (Wildman–Crippen LogP) is 2.28. The van der Waals surface area contributed by atoms with Crippen LogP contribution in [0.3, 0.4) is 0 Å². The summed E-state index contributed by atoms with van der Waals surface area (Å²) < 4.78 is 7.66. The second kappa shape index (κ2) is 7.33. The number of carbonyl (C=O) groups excluding carboxylic acids is 2. The molecule has 0 fully saturated rings. The van der Waals surface area contributed by atoms with E-state index in [1.54, 1.807) is 48.1 Å². The lowest BCUT2D eigenvalue weighted by Gasteiger charge is -2.09. The van der Waals surface area contributed by atoms with Crippen LogP contribution < -0.4 is 15.6 Å². The minimum atomic E-state index is -0.475. The van der Waals surface area contributed by atoms with Crippen LogP contribution in [0.25, 0.3) is 0 Å². The zero-order valence-electron chi connectivity index (χ0n) is 11.6. The number of amides is 2. The Morgan fingerprint density at radius 3 is 2.55 bits per heavy atom. The first-order chi connectivity index (χ1) is 10.5. The van der Waals surface area contributed by atoms with Gasteiger partial charge in [-0.2, -0.15) is 0 Å². The van der Waals surface area contributed by atoms with Crippen molar-refractivity contribution in [2.75, 3.05) is 6.61 Å². The van der Waals surface area contributed by atoms with Crippen LogP contribution in [0.5, 0.6) is 5.75 Å². The summed E-state index contributed by atoms with van der Waals surface area (Å²) in [5.74, 6) is -0.387. The summed E-state index contributed by atoms with van der Waals surface area (Å²) >= 11 is 9.01. The molecule has 0 aliphatic carbocycles. The van der Waals surface area contributed by atoms with E-state index in [2.05, 4.69) is 26.8 Å². The lowest BCUT2D eigenvalue weighted by Crippen LogP contribution is -2.44. The van der Waals surface area contributed by atoms with Gasteiger partial charge in [0, 0.05) is 22.7 Å². The van der Waals surface area contributed by atoms with Crippen molar-refractivity contribution >= 4 is 39.3 Å². The van der Waals surface area contributed by atoms with Crippen LogP contribution in [0.4, 0.5) is 0 Å². The second-order valence-electron chi connectivity index (χ2n) is 4.40. The van der Waals surface area contributed by atoms with Gasteiger partial charge in [0.1, 0.15) is 11.4 Å². The molecule has 6 nitrogen and oxygen atoms in total. The molecule has 0 saturated heterocycles. The Morgan fingerprint density at radius 1 is 1.27 bits per heavy atom. The Labute approximate surface area is 140 Å². The second-order valence-corrected chi connectivity index (χ2v) is 5.75. The molecule has 0 unspecified atom stereocenters. The predicted molar refractivity (Wildman–Crippen MR) is 85.7 cm³/mol. The number of rotatable bonds is 4. The highest BCUT2D eigenvalue weighted by molar-refractivity contribution is 9.10. The number of hydrogen-bond donors (Lipinski definition) is 2. The van der Waals surface area contributed by atoms with Crippen molar-refractivity contribution in [1.82, 2.24) is 15.4 Å². The highest BCUT2D eigenvalue weighted by Gasteiger charge is 2.12. The summed E-state index contributed by atoms with van der Waals surface area (Å²) in [5.41, 5.74) is 5.01. The van der Waals surface area contributed by atoms with E-state index in [0.29, 0.717) is 16.5 Å². The van der Waals surface area contributed by atoms with Crippen molar-refractivity contribution in [3.8, 4) is 5.75 Å². The molecule has 0 saturated carbocycles. The molecule has 2 aromatic rings. The topological polar surface area (TPSA) is 72.4 Å². The quantitative estimate of drug-likeness (QED) is 0.792. The highest BCUT2D eigenvalue weighted by Crippen LogP contribution is 2.15. The summed E-state index contributed by atoms with van der Waals surface area (Å²) in [6, 6.07) is 8.25. The molecule has 0 aliphatic heterocycles. The largest absolute Gasteiger partial charge is 0.484 e. The van der Waals surface area contributed by atoms with Crippen LogP contribution in [0.2, 0.25) is 5.02 Å². The minimum Gasteiger partial charge on any atom is -0.484 e. The Bertz CT molecular complexity index is 685. The van der Waals surface area contributed by atoms with Crippen molar-refractivity contribution in [3.05, 3.63) is 51.7 Å². The van der Waals surface area contributed by atoms with Gasteiger partial charge in [-0.1, -0.05) is 11.6 Å². The molecule has 1 aromatic heterocycles. The summed E-state index contributed by atoms with van der Waals surface area (Å²) in [4.78, 5) is 23.5. The van der Waals surface area contributed by atoms with Crippen LogP contribution in [0.15, 0.2) is 41.0 Å². The molecule has 2 amide bonds. The Hall–Kier alpha value is -1.99. The van der Waals surface area contributed by atoms with Gasteiger partial charge in [0.25, 0.3) is 11.8 Å². The van der Waals surface area contributed by atoms with E-state index < -0.39 is 11.8 Å². The van der Waals surface area contributed by atoms with Gasteiger partial charge in [-0.3, -0.25) is 20.4 Å².